The van der Waals surface area contributed by atoms with Gasteiger partial charge >= 0.3 is 0 Å². The quantitative estimate of drug-likeness (QED) is 0.872. The normalized spacial score (nSPS) is 20.9. The molecule has 0 radical (unpaired) electrons. The van der Waals surface area contributed by atoms with Crippen molar-refractivity contribution in [3.05, 3.63) is 29.3 Å². The monoisotopic (exact) mass is 286 g/mol. The summed E-state index contributed by atoms with van der Waals surface area (Å²) in [6, 6.07) is 6.79. The molecule has 0 spiro atoms. The summed E-state index contributed by atoms with van der Waals surface area (Å²) in [5.74, 6) is 0.889. The fourth-order valence-corrected chi connectivity index (χ4v) is 3.93. The van der Waals surface area contributed by atoms with Gasteiger partial charge in [0.25, 0.3) is 0 Å². The smallest absolute Gasteiger partial charge is 0.0375 e. The molecule has 21 heavy (non-hydrogen) atoms. The van der Waals surface area contributed by atoms with Crippen molar-refractivity contribution in [2.75, 3.05) is 25.0 Å². The van der Waals surface area contributed by atoms with E-state index in [0.29, 0.717) is 5.41 Å². The zero-order chi connectivity index (χ0) is 14.9. The number of nitrogens with zero attached hydrogens (tertiary/aromatic N) is 1. The first-order valence-corrected chi connectivity index (χ1v) is 8.61. The molecule has 2 heteroatoms. The number of rotatable bonds is 2. The molecule has 0 amide bonds. The van der Waals surface area contributed by atoms with Crippen molar-refractivity contribution < 1.29 is 0 Å². The minimum Gasteiger partial charge on any atom is -0.385 e. The van der Waals surface area contributed by atoms with E-state index in [0.717, 1.165) is 19.0 Å². The van der Waals surface area contributed by atoms with Crippen LogP contribution in [0.5, 0.6) is 0 Å². The second kappa shape index (κ2) is 6.00. The maximum atomic E-state index is 3.55. The summed E-state index contributed by atoms with van der Waals surface area (Å²) in [4.78, 5) is 2.66. The van der Waals surface area contributed by atoms with E-state index in [1.807, 2.05) is 0 Å². The van der Waals surface area contributed by atoms with Crippen LogP contribution < -0.4 is 5.32 Å². The van der Waals surface area contributed by atoms with Gasteiger partial charge in [-0.15, -0.1) is 0 Å². The first kappa shape index (κ1) is 14.9. The van der Waals surface area contributed by atoms with Crippen LogP contribution in [0.3, 0.4) is 0 Å². The van der Waals surface area contributed by atoms with Crippen molar-refractivity contribution in [3.8, 4) is 0 Å². The molecule has 0 aromatic heterocycles. The Labute approximate surface area is 129 Å². The lowest BCUT2D eigenvalue weighted by atomic mass is 9.75. The predicted octanol–water partition coefficient (Wildman–Crippen LogP) is 4.30. The minimum atomic E-state index is 0.474. The van der Waals surface area contributed by atoms with Gasteiger partial charge < -0.3 is 5.32 Å². The minimum absolute atomic E-state index is 0.474. The fraction of sp³-hybridized carbons (Fsp3) is 0.684. The Bertz CT molecular complexity index is 479. The van der Waals surface area contributed by atoms with Gasteiger partial charge in [0.2, 0.25) is 0 Å². The molecule has 0 saturated carbocycles. The van der Waals surface area contributed by atoms with Crippen LogP contribution in [0.15, 0.2) is 18.2 Å². The number of likely N-dealkylation sites (tertiary alicyclic amines) is 1. The highest BCUT2D eigenvalue weighted by atomic mass is 15.1. The van der Waals surface area contributed by atoms with Gasteiger partial charge in [0.1, 0.15) is 0 Å². The molecule has 3 rings (SSSR count). The van der Waals surface area contributed by atoms with Crippen molar-refractivity contribution in [1.82, 2.24) is 4.90 Å². The van der Waals surface area contributed by atoms with Gasteiger partial charge in [0.15, 0.2) is 0 Å². The third-order valence-corrected chi connectivity index (χ3v) is 5.40. The Balaban J connectivity index is 1.64. The van der Waals surface area contributed by atoms with Crippen molar-refractivity contribution >= 4 is 5.69 Å². The molecular formula is C19H30N2. The molecule has 1 saturated heterocycles. The van der Waals surface area contributed by atoms with Crippen LogP contribution in [0, 0.1) is 11.3 Å². The summed E-state index contributed by atoms with van der Waals surface area (Å²) in [7, 11) is 0. The molecule has 1 fully saturated rings. The number of hydrogen-bond donors (Lipinski definition) is 1. The van der Waals surface area contributed by atoms with Gasteiger partial charge in [0, 0.05) is 18.8 Å². The van der Waals surface area contributed by atoms with Crippen LogP contribution in [-0.4, -0.2) is 24.5 Å². The van der Waals surface area contributed by atoms with E-state index in [9.17, 15) is 0 Å². The lowest BCUT2D eigenvalue weighted by Crippen LogP contribution is -2.37. The summed E-state index contributed by atoms with van der Waals surface area (Å²) in [5.41, 5.74) is 4.97. The largest absolute Gasteiger partial charge is 0.385 e. The summed E-state index contributed by atoms with van der Waals surface area (Å²) in [6.07, 6.45) is 5.24. The van der Waals surface area contributed by atoms with Crippen molar-refractivity contribution in [2.45, 2.75) is 53.0 Å². The zero-order valence-electron chi connectivity index (χ0n) is 13.9. The zero-order valence-corrected chi connectivity index (χ0v) is 13.9. The molecule has 0 bridgehead atoms. The predicted molar refractivity (Wildman–Crippen MR) is 90.7 cm³/mol. The van der Waals surface area contributed by atoms with E-state index in [1.165, 1.54) is 44.5 Å². The molecule has 2 nitrogen and oxygen atoms in total. The van der Waals surface area contributed by atoms with Gasteiger partial charge in [-0.2, -0.15) is 0 Å². The van der Waals surface area contributed by atoms with E-state index >= 15 is 0 Å². The van der Waals surface area contributed by atoms with E-state index in [4.69, 9.17) is 0 Å². The van der Waals surface area contributed by atoms with Crippen molar-refractivity contribution in [3.63, 3.8) is 0 Å². The van der Waals surface area contributed by atoms with Crippen LogP contribution in [0.1, 0.15) is 51.2 Å². The molecule has 0 unspecified atom stereocenters. The average molecular weight is 286 g/mol. The number of anilines is 1. The Kier molecular flexibility index (Phi) is 4.26. The van der Waals surface area contributed by atoms with E-state index in [-0.39, 0.29) is 0 Å². The highest BCUT2D eigenvalue weighted by molar-refractivity contribution is 5.56. The maximum absolute atomic E-state index is 3.55. The molecule has 0 aliphatic carbocycles. The van der Waals surface area contributed by atoms with Crippen LogP contribution in [0.2, 0.25) is 0 Å². The Morgan fingerprint density at radius 3 is 2.67 bits per heavy atom. The van der Waals surface area contributed by atoms with Crippen LogP contribution >= 0.6 is 0 Å². The average Bonchev–Trinajstić information content (AvgIpc) is 2.47. The number of fused-ring (bicyclic) bond motifs is 1. The highest BCUT2D eigenvalue weighted by Gasteiger charge is 2.29. The topological polar surface area (TPSA) is 15.3 Å². The second-order valence-electron chi connectivity index (χ2n) is 7.89. The number of hydrogen-bond acceptors (Lipinski definition) is 2. The van der Waals surface area contributed by atoms with Gasteiger partial charge in [-0.3, -0.25) is 4.90 Å². The van der Waals surface area contributed by atoms with Gasteiger partial charge in [-0.25, -0.2) is 0 Å². The van der Waals surface area contributed by atoms with Crippen molar-refractivity contribution in [2.24, 2.45) is 11.3 Å². The van der Waals surface area contributed by atoms with Crippen LogP contribution in [0.4, 0.5) is 5.69 Å². The third kappa shape index (κ3) is 3.42. The first-order chi connectivity index (χ1) is 10.0. The molecule has 0 atom stereocenters. The Hall–Kier alpha value is -1.02. The van der Waals surface area contributed by atoms with E-state index in [2.05, 4.69) is 49.2 Å². The molecule has 2 heterocycles. The van der Waals surface area contributed by atoms with E-state index in [1.54, 1.807) is 11.1 Å². The Morgan fingerprint density at radius 1 is 1.19 bits per heavy atom. The summed E-state index contributed by atoms with van der Waals surface area (Å²) in [5, 5.41) is 3.55. The fourth-order valence-electron chi connectivity index (χ4n) is 3.93. The van der Waals surface area contributed by atoms with Gasteiger partial charge in [-0.05, 0) is 67.3 Å². The molecule has 1 aromatic rings. The highest BCUT2D eigenvalue weighted by Crippen LogP contribution is 2.35. The maximum Gasteiger partial charge on any atom is 0.0375 e. The summed E-state index contributed by atoms with van der Waals surface area (Å²) >= 11 is 0. The van der Waals surface area contributed by atoms with Crippen molar-refractivity contribution in [1.29, 1.82) is 0 Å². The number of benzene rings is 1. The molecule has 116 valence electrons. The molecule has 2 aliphatic heterocycles. The molecule has 2 aliphatic rings. The van der Waals surface area contributed by atoms with Gasteiger partial charge in [-0.1, -0.05) is 32.9 Å². The molecule has 1 aromatic carbocycles. The lowest BCUT2D eigenvalue weighted by molar-refractivity contribution is 0.108. The standard InChI is InChI=1S/C19H30N2/c1-19(2,3)16-9-12-21(13-10-16)14-15-6-4-8-18-17(15)7-5-11-20-18/h4,6,8,16,20H,5,7,9-14H2,1-3H3. The summed E-state index contributed by atoms with van der Waals surface area (Å²) in [6.45, 7) is 12.0. The van der Waals surface area contributed by atoms with Crippen LogP contribution in [0.25, 0.3) is 0 Å². The molecular weight excluding hydrogens is 256 g/mol. The SMILES string of the molecule is CC(C)(C)C1CCN(Cc2cccc3c2CCCN3)CC1. The lowest BCUT2D eigenvalue weighted by Gasteiger charge is -2.39. The number of piperidine rings is 1. The molecule has 1 N–H and O–H groups in total. The van der Waals surface area contributed by atoms with Gasteiger partial charge in [0.05, 0.1) is 0 Å². The first-order valence-electron chi connectivity index (χ1n) is 8.61. The second-order valence-corrected chi connectivity index (χ2v) is 7.89. The van der Waals surface area contributed by atoms with E-state index < -0.39 is 0 Å². The number of nitrogens with one attached hydrogen (secondary N) is 1. The van der Waals surface area contributed by atoms with Crippen LogP contribution in [-0.2, 0) is 13.0 Å². The third-order valence-electron chi connectivity index (χ3n) is 5.40. The Morgan fingerprint density at radius 2 is 1.95 bits per heavy atom. The summed E-state index contributed by atoms with van der Waals surface area (Å²) < 4.78 is 0.